The predicted octanol–water partition coefficient (Wildman–Crippen LogP) is 3.23. The van der Waals surface area contributed by atoms with Gasteiger partial charge in [-0.25, -0.2) is 0 Å². The number of Topliss-reactive ketones (excluding diaryl/α,β-unsaturated/α-hetero) is 1. The molecule has 0 aromatic heterocycles. The van der Waals surface area contributed by atoms with Crippen LogP contribution in [-0.2, 0) is 4.79 Å². The number of carbonyl (C=O) groups is 1. The molecule has 94 valence electrons. The van der Waals surface area contributed by atoms with Crippen LogP contribution in [-0.4, -0.2) is 5.78 Å². The van der Waals surface area contributed by atoms with Crippen LogP contribution < -0.4 is 0 Å². The van der Waals surface area contributed by atoms with Gasteiger partial charge in [-0.3, -0.25) is 4.79 Å². The Morgan fingerprint density at radius 3 is 1.67 bits per heavy atom. The number of fused-ring (bicyclic) bond motifs is 10. The van der Waals surface area contributed by atoms with Gasteiger partial charge >= 0.3 is 0 Å². The lowest BCUT2D eigenvalue weighted by Crippen LogP contribution is -2.34. The maximum absolute atomic E-state index is 13.0. The van der Waals surface area contributed by atoms with E-state index in [4.69, 9.17) is 0 Å². The van der Waals surface area contributed by atoms with Gasteiger partial charge in [0.25, 0.3) is 0 Å². The van der Waals surface area contributed by atoms with Crippen molar-refractivity contribution < 1.29 is 4.79 Å². The van der Waals surface area contributed by atoms with E-state index >= 15 is 0 Å². The maximum atomic E-state index is 13.0. The summed E-state index contributed by atoms with van der Waals surface area (Å²) in [5, 5.41) is 0. The van der Waals surface area contributed by atoms with Gasteiger partial charge in [0.15, 0.2) is 0 Å². The zero-order chi connectivity index (χ0) is 11.9. The largest absolute Gasteiger partial charge is 0.299 e. The van der Waals surface area contributed by atoms with Crippen molar-refractivity contribution in [3.63, 3.8) is 0 Å². The van der Waals surface area contributed by atoms with Crippen LogP contribution in [0.1, 0.15) is 25.7 Å². The molecule has 3 fully saturated rings. The van der Waals surface area contributed by atoms with E-state index in [9.17, 15) is 4.79 Å². The van der Waals surface area contributed by atoms with Gasteiger partial charge in [-0.2, -0.15) is 0 Å². The molecule has 8 atom stereocenters. The SMILES string of the molecule is O=C1[C@@H]2[C@H](CC[C@H]3[C@@H]1[C@H]1C=C[C@@H]3C1)[C@@H]1C=C[C@H]2C1. The molecule has 0 N–H and O–H groups in total. The van der Waals surface area contributed by atoms with Crippen LogP contribution in [0.15, 0.2) is 24.3 Å². The molecule has 5 rings (SSSR count). The Morgan fingerprint density at radius 1 is 0.722 bits per heavy atom. The molecule has 18 heavy (non-hydrogen) atoms. The monoisotopic (exact) mass is 240 g/mol. The lowest BCUT2D eigenvalue weighted by atomic mass is 9.74. The summed E-state index contributed by atoms with van der Waals surface area (Å²) in [6.45, 7) is 0. The van der Waals surface area contributed by atoms with Crippen molar-refractivity contribution in [1.82, 2.24) is 0 Å². The molecule has 1 nitrogen and oxygen atoms in total. The van der Waals surface area contributed by atoms with Crippen molar-refractivity contribution in [2.75, 3.05) is 0 Å². The van der Waals surface area contributed by atoms with Crippen molar-refractivity contribution >= 4 is 5.78 Å². The Bertz CT molecular complexity index is 432. The minimum absolute atomic E-state index is 0.405. The molecule has 0 aromatic rings. The van der Waals surface area contributed by atoms with Crippen molar-refractivity contribution in [2.45, 2.75) is 25.7 Å². The van der Waals surface area contributed by atoms with Crippen LogP contribution in [0.25, 0.3) is 0 Å². The average molecular weight is 240 g/mol. The normalized spacial score (nSPS) is 59.0. The Labute approximate surface area is 108 Å². The van der Waals surface area contributed by atoms with Crippen molar-refractivity contribution in [1.29, 1.82) is 0 Å². The summed E-state index contributed by atoms with van der Waals surface area (Å²) in [5.41, 5.74) is 0. The molecule has 4 bridgehead atoms. The lowest BCUT2D eigenvalue weighted by Gasteiger charge is -2.28. The van der Waals surface area contributed by atoms with E-state index < -0.39 is 0 Å². The molecule has 0 saturated heterocycles. The summed E-state index contributed by atoms with van der Waals surface area (Å²) < 4.78 is 0. The van der Waals surface area contributed by atoms with Crippen molar-refractivity contribution in [3.05, 3.63) is 24.3 Å². The van der Waals surface area contributed by atoms with Crippen LogP contribution in [0.5, 0.6) is 0 Å². The highest BCUT2D eigenvalue weighted by molar-refractivity contribution is 5.86. The minimum Gasteiger partial charge on any atom is -0.299 e. The second-order valence-electron chi connectivity index (χ2n) is 7.26. The van der Waals surface area contributed by atoms with Gasteiger partial charge in [0.1, 0.15) is 5.78 Å². The fourth-order valence-corrected chi connectivity index (χ4v) is 6.09. The molecule has 0 radical (unpaired) electrons. The summed E-state index contributed by atoms with van der Waals surface area (Å²) in [7, 11) is 0. The number of rotatable bonds is 0. The third-order valence-electron chi connectivity index (χ3n) is 6.74. The first-order valence-electron chi connectivity index (χ1n) is 7.73. The molecule has 5 aliphatic carbocycles. The molecule has 0 spiro atoms. The Kier molecular flexibility index (Phi) is 1.77. The molecule has 3 saturated carbocycles. The van der Waals surface area contributed by atoms with Crippen LogP contribution in [0.4, 0.5) is 0 Å². The first-order chi connectivity index (χ1) is 8.83. The minimum atomic E-state index is 0.405. The first-order valence-corrected chi connectivity index (χ1v) is 7.73. The molecule has 5 aliphatic rings. The summed E-state index contributed by atoms with van der Waals surface area (Å²) >= 11 is 0. The molecular weight excluding hydrogens is 220 g/mol. The van der Waals surface area contributed by atoms with Gasteiger partial charge < -0.3 is 0 Å². The smallest absolute Gasteiger partial charge is 0.140 e. The summed E-state index contributed by atoms with van der Waals surface area (Å²) in [6.07, 6.45) is 14.7. The Morgan fingerprint density at radius 2 is 1.17 bits per heavy atom. The van der Waals surface area contributed by atoms with E-state index in [1.54, 1.807) is 0 Å². The highest BCUT2D eigenvalue weighted by Gasteiger charge is 2.57. The molecule has 0 amide bonds. The molecule has 1 heteroatoms. The number of allylic oxidation sites excluding steroid dienone is 4. The molecular formula is C17H20O. The fraction of sp³-hybridized carbons (Fsp3) is 0.706. The zero-order valence-electron chi connectivity index (χ0n) is 10.7. The highest BCUT2D eigenvalue weighted by atomic mass is 16.1. The van der Waals surface area contributed by atoms with Gasteiger partial charge in [-0.05, 0) is 61.2 Å². The van der Waals surface area contributed by atoms with Crippen LogP contribution >= 0.6 is 0 Å². The highest BCUT2D eigenvalue weighted by Crippen LogP contribution is 2.59. The van der Waals surface area contributed by atoms with E-state index in [0.29, 0.717) is 41.3 Å². The average Bonchev–Trinajstić information content (AvgIpc) is 3.12. The zero-order valence-corrected chi connectivity index (χ0v) is 10.7. The van der Waals surface area contributed by atoms with Crippen LogP contribution in [0.2, 0.25) is 0 Å². The predicted molar refractivity (Wildman–Crippen MR) is 69.7 cm³/mol. The van der Waals surface area contributed by atoms with Crippen molar-refractivity contribution in [2.24, 2.45) is 47.3 Å². The van der Waals surface area contributed by atoms with E-state index in [0.717, 1.165) is 11.8 Å². The third kappa shape index (κ3) is 1.03. The number of hydrogen-bond acceptors (Lipinski definition) is 1. The fourth-order valence-electron chi connectivity index (χ4n) is 6.09. The van der Waals surface area contributed by atoms with Gasteiger partial charge in [-0.1, -0.05) is 24.3 Å². The first kappa shape index (κ1) is 10.00. The van der Waals surface area contributed by atoms with Gasteiger partial charge in [0, 0.05) is 11.8 Å². The van der Waals surface area contributed by atoms with Gasteiger partial charge in [0.2, 0.25) is 0 Å². The van der Waals surface area contributed by atoms with E-state index in [2.05, 4.69) is 24.3 Å². The quantitative estimate of drug-likeness (QED) is 0.594. The second kappa shape index (κ2) is 3.18. The van der Waals surface area contributed by atoms with Crippen molar-refractivity contribution in [3.8, 4) is 0 Å². The van der Waals surface area contributed by atoms with E-state index in [1.165, 1.54) is 25.7 Å². The summed E-state index contributed by atoms with van der Waals surface area (Å²) in [4.78, 5) is 13.0. The third-order valence-corrected chi connectivity index (χ3v) is 6.74. The van der Waals surface area contributed by atoms with Crippen LogP contribution in [0, 0.1) is 47.3 Å². The van der Waals surface area contributed by atoms with E-state index in [-0.39, 0.29) is 0 Å². The topological polar surface area (TPSA) is 17.1 Å². The van der Waals surface area contributed by atoms with E-state index in [1.807, 2.05) is 0 Å². The molecule has 0 heterocycles. The molecule has 0 aromatic carbocycles. The van der Waals surface area contributed by atoms with Gasteiger partial charge in [0.05, 0.1) is 0 Å². The maximum Gasteiger partial charge on any atom is 0.140 e. The van der Waals surface area contributed by atoms with Gasteiger partial charge in [-0.15, -0.1) is 0 Å². The lowest BCUT2D eigenvalue weighted by molar-refractivity contribution is -0.130. The number of carbonyl (C=O) groups excluding carboxylic acids is 1. The van der Waals surface area contributed by atoms with Crippen LogP contribution in [0.3, 0.4) is 0 Å². The summed E-state index contributed by atoms with van der Waals surface area (Å²) in [5.74, 6) is 5.59. The second-order valence-corrected chi connectivity index (χ2v) is 7.26. The molecule has 0 unspecified atom stereocenters. The standard InChI is InChI=1S/C17H20O/c18-17-15-11-3-1-9(7-11)13(15)5-6-14-10-2-4-12(8-10)16(14)17/h1-4,9-16H,5-8H2/t9-,10-,11+,12+,13-,14-,15+,16+/m1/s1. The summed E-state index contributed by atoms with van der Waals surface area (Å²) in [6, 6.07) is 0. The number of hydrogen-bond donors (Lipinski definition) is 0. The Balaban J connectivity index is 1.57. The number of ketones is 1. The Hall–Kier alpha value is -0.850. The molecule has 0 aliphatic heterocycles.